The summed E-state index contributed by atoms with van der Waals surface area (Å²) in [6, 6.07) is 14.1. The quantitative estimate of drug-likeness (QED) is 0.564. The maximum absolute atomic E-state index is 13.0. The number of hydrogen-bond acceptors (Lipinski definition) is 5. The van der Waals surface area contributed by atoms with Gasteiger partial charge in [-0.25, -0.2) is 0 Å². The van der Waals surface area contributed by atoms with E-state index in [0.717, 1.165) is 12.0 Å². The Labute approximate surface area is 183 Å². The number of esters is 1. The number of carbonyl (C=O) groups is 3. The van der Waals surface area contributed by atoms with Crippen LogP contribution in [0.15, 0.2) is 48.5 Å². The maximum Gasteiger partial charge on any atom is 0.326 e. The minimum Gasteiger partial charge on any atom is -0.495 e. The average molecular weight is 427 g/mol. The van der Waals surface area contributed by atoms with Crippen LogP contribution in [0.2, 0.25) is 0 Å². The van der Waals surface area contributed by atoms with Crippen LogP contribution >= 0.6 is 0 Å². The number of methoxy groups -OCH3 is 1. The van der Waals surface area contributed by atoms with E-state index in [9.17, 15) is 14.4 Å². The van der Waals surface area contributed by atoms with Crippen molar-refractivity contribution in [3.8, 4) is 5.75 Å². The standard InChI is InChI=1S/C24H30N2O5/c1-16(2)10-13-21(27)25-15-22(28)31-23(18-8-6-5-7-9-18)24(29)26-19-14-17(3)11-12-20(19)30-4/h5-9,11-12,14,16,23H,10,13,15H2,1-4H3,(H,25,27)(H,26,29). The van der Waals surface area contributed by atoms with Gasteiger partial charge >= 0.3 is 5.97 Å². The molecule has 0 aliphatic carbocycles. The summed E-state index contributed by atoms with van der Waals surface area (Å²) in [5.41, 5.74) is 1.94. The van der Waals surface area contributed by atoms with E-state index in [-0.39, 0.29) is 12.5 Å². The van der Waals surface area contributed by atoms with Crippen molar-refractivity contribution >= 4 is 23.5 Å². The molecule has 1 unspecified atom stereocenters. The molecule has 0 aliphatic heterocycles. The summed E-state index contributed by atoms with van der Waals surface area (Å²) in [6.45, 7) is 5.63. The van der Waals surface area contributed by atoms with Crippen LogP contribution in [0.25, 0.3) is 0 Å². The third kappa shape index (κ3) is 7.77. The van der Waals surface area contributed by atoms with Crippen molar-refractivity contribution in [2.45, 2.75) is 39.7 Å². The molecule has 2 aromatic carbocycles. The van der Waals surface area contributed by atoms with Crippen LogP contribution < -0.4 is 15.4 Å². The van der Waals surface area contributed by atoms with Crippen molar-refractivity contribution < 1.29 is 23.9 Å². The lowest BCUT2D eigenvalue weighted by Crippen LogP contribution is -2.33. The molecule has 0 aromatic heterocycles. The van der Waals surface area contributed by atoms with E-state index in [4.69, 9.17) is 9.47 Å². The van der Waals surface area contributed by atoms with Gasteiger partial charge in [0.1, 0.15) is 12.3 Å². The summed E-state index contributed by atoms with van der Waals surface area (Å²) in [5, 5.41) is 5.32. The Hall–Kier alpha value is -3.35. The summed E-state index contributed by atoms with van der Waals surface area (Å²) < 4.78 is 10.7. The second-order valence-corrected chi connectivity index (χ2v) is 7.68. The smallest absolute Gasteiger partial charge is 0.326 e. The van der Waals surface area contributed by atoms with Gasteiger partial charge in [-0.2, -0.15) is 0 Å². The van der Waals surface area contributed by atoms with Crippen LogP contribution in [0.5, 0.6) is 5.75 Å². The number of rotatable bonds is 10. The van der Waals surface area contributed by atoms with Gasteiger partial charge in [-0.3, -0.25) is 14.4 Å². The fraction of sp³-hybridized carbons (Fsp3) is 0.375. The monoisotopic (exact) mass is 426 g/mol. The summed E-state index contributed by atoms with van der Waals surface area (Å²) in [4.78, 5) is 37.2. The fourth-order valence-corrected chi connectivity index (χ4v) is 2.87. The first kappa shape index (κ1) is 23.9. The number of amides is 2. The van der Waals surface area contributed by atoms with Crippen LogP contribution in [-0.4, -0.2) is 31.4 Å². The zero-order chi connectivity index (χ0) is 22.8. The Bertz CT molecular complexity index is 896. The van der Waals surface area contributed by atoms with Crippen LogP contribution in [0.1, 0.15) is 43.9 Å². The van der Waals surface area contributed by atoms with Crippen LogP contribution in [-0.2, 0) is 19.1 Å². The Kier molecular flexibility index (Phi) is 9.06. The highest BCUT2D eigenvalue weighted by Gasteiger charge is 2.26. The molecule has 0 bridgehead atoms. The number of hydrogen-bond donors (Lipinski definition) is 2. The SMILES string of the molecule is COc1ccc(C)cc1NC(=O)C(OC(=O)CNC(=O)CCC(C)C)c1ccccc1. The van der Waals surface area contributed by atoms with Gasteiger partial charge < -0.3 is 20.1 Å². The molecule has 2 amide bonds. The predicted molar refractivity (Wildman–Crippen MR) is 119 cm³/mol. The van der Waals surface area contributed by atoms with Gasteiger partial charge in [0.25, 0.3) is 5.91 Å². The molecule has 2 aromatic rings. The molecule has 2 rings (SSSR count). The third-order valence-corrected chi connectivity index (χ3v) is 4.58. The Morgan fingerprint density at radius 3 is 2.39 bits per heavy atom. The summed E-state index contributed by atoms with van der Waals surface area (Å²) in [7, 11) is 1.51. The minimum absolute atomic E-state index is 0.226. The van der Waals surface area contributed by atoms with Crippen molar-refractivity contribution in [2.75, 3.05) is 19.0 Å². The first-order chi connectivity index (χ1) is 14.8. The first-order valence-corrected chi connectivity index (χ1v) is 10.3. The molecular weight excluding hydrogens is 396 g/mol. The number of benzene rings is 2. The van der Waals surface area contributed by atoms with E-state index in [2.05, 4.69) is 10.6 Å². The second-order valence-electron chi connectivity index (χ2n) is 7.68. The van der Waals surface area contributed by atoms with E-state index >= 15 is 0 Å². The normalized spacial score (nSPS) is 11.5. The maximum atomic E-state index is 13.0. The van der Waals surface area contributed by atoms with E-state index in [1.54, 1.807) is 42.5 Å². The molecule has 0 spiro atoms. The summed E-state index contributed by atoms with van der Waals surface area (Å²) in [6.07, 6.45) is -0.110. The fourth-order valence-electron chi connectivity index (χ4n) is 2.87. The van der Waals surface area contributed by atoms with Gasteiger partial charge in [0.15, 0.2) is 0 Å². The molecule has 0 fully saturated rings. The van der Waals surface area contributed by atoms with Gasteiger partial charge in [0.05, 0.1) is 12.8 Å². The molecule has 0 radical (unpaired) electrons. The van der Waals surface area contributed by atoms with E-state index in [0.29, 0.717) is 29.3 Å². The number of aryl methyl sites for hydroxylation is 1. The molecule has 0 heterocycles. The number of carbonyl (C=O) groups excluding carboxylic acids is 3. The molecule has 31 heavy (non-hydrogen) atoms. The Morgan fingerprint density at radius 1 is 1.03 bits per heavy atom. The highest BCUT2D eigenvalue weighted by Crippen LogP contribution is 2.27. The zero-order valence-electron chi connectivity index (χ0n) is 18.4. The van der Waals surface area contributed by atoms with Crippen molar-refractivity contribution in [1.29, 1.82) is 0 Å². The molecule has 7 nitrogen and oxygen atoms in total. The molecule has 166 valence electrons. The Balaban J connectivity index is 2.09. The predicted octanol–water partition coefficient (Wildman–Crippen LogP) is 3.78. The summed E-state index contributed by atoms with van der Waals surface area (Å²) in [5.74, 6) is -0.555. The van der Waals surface area contributed by atoms with Crippen molar-refractivity contribution in [3.63, 3.8) is 0 Å². The van der Waals surface area contributed by atoms with Crippen molar-refractivity contribution in [2.24, 2.45) is 5.92 Å². The van der Waals surface area contributed by atoms with E-state index < -0.39 is 18.0 Å². The molecule has 7 heteroatoms. The highest BCUT2D eigenvalue weighted by atomic mass is 16.5. The number of nitrogens with one attached hydrogen (secondary N) is 2. The van der Waals surface area contributed by atoms with E-state index in [1.165, 1.54) is 7.11 Å². The van der Waals surface area contributed by atoms with E-state index in [1.807, 2.05) is 26.8 Å². The van der Waals surface area contributed by atoms with Crippen LogP contribution in [0, 0.1) is 12.8 Å². The second kappa shape index (κ2) is 11.7. The Morgan fingerprint density at radius 2 is 1.74 bits per heavy atom. The lowest BCUT2D eigenvalue weighted by atomic mass is 10.1. The van der Waals surface area contributed by atoms with Gasteiger partial charge in [-0.1, -0.05) is 50.2 Å². The largest absolute Gasteiger partial charge is 0.495 e. The summed E-state index contributed by atoms with van der Waals surface area (Å²) >= 11 is 0. The minimum atomic E-state index is -1.17. The van der Waals surface area contributed by atoms with Gasteiger partial charge in [-0.05, 0) is 37.0 Å². The highest BCUT2D eigenvalue weighted by molar-refractivity contribution is 5.97. The zero-order valence-corrected chi connectivity index (χ0v) is 18.4. The van der Waals surface area contributed by atoms with Crippen molar-refractivity contribution in [1.82, 2.24) is 5.32 Å². The topological polar surface area (TPSA) is 93.7 Å². The molecule has 2 N–H and O–H groups in total. The molecule has 0 saturated heterocycles. The molecular formula is C24H30N2O5. The third-order valence-electron chi connectivity index (χ3n) is 4.58. The van der Waals surface area contributed by atoms with Crippen LogP contribution in [0.4, 0.5) is 5.69 Å². The van der Waals surface area contributed by atoms with Gasteiger partial charge in [0, 0.05) is 12.0 Å². The van der Waals surface area contributed by atoms with Crippen molar-refractivity contribution in [3.05, 3.63) is 59.7 Å². The van der Waals surface area contributed by atoms with Crippen LogP contribution in [0.3, 0.4) is 0 Å². The number of ether oxygens (including phenoxy) is 2. The lowest BCUT2D eigenvalue weighted by molar-refractivity contribution is -0.154. The lowest BCUT2D eigenvalue weighted by Gasteiger charge is -2.19. The van der Waals surface area contributed by atoms with Gasteiger partial charge in [0.2, 0.25) is 12.0 Å². The molecule has 1 atom stereocenters. The van der Waals surface area contributed by atoms with Gasteiger partial charge in [-0.15, -0.1) is 0 Å². The number of anilines is 1. The first-order valence-electron chi connectivity index (χ1n) is 10.3. The molecule has 0 saturated carbocycles. The molecule has 0 aliphatic rings. The average Bonchev–Trinajstić information content (AvgIpc) is 2.75.